The smallest absolute Gasteiger partial charge is 0.497 e. The lowest BCUT2D eigenvalue weighted by molar-refractivity contribution is -0.149. The number of nitrogens with one attached hydrogen (secondary N) is 7. The van der Waals surface area contributed by atoms with E-state index < -0.39 is 126 Å². The zero-order valence-electron chi connectivity index (χ0n) is 76.8. The number of carbonyl (C=O) groups excluding carboxylic acids is 11. The molecule has 2 saturated heterocycles. The number of benzene rings is 2. The average Bonchev–Trinajstić information content (AvgIpc) is 1.58. The number of hydrogen-bond acceptors (Lipinski definition) is 27. The summed E-state index contributed by atoms with van der Waals surface area (Å²) >= 11 is 32.7. The van der Waals surface area contributed by atoms with Gasteiger partial charge in [0.2, 0.25) is 35.4 Å². The molecule has 9 amide bonds. The van der Waals surface area contributed by atoms with Gasteiger partial charge >= 0.3 is 38.2 Å². The summed E-state index contributed by atoms with van der Waals surface area (Å²) in [6, 6.07) is 9.38. The highest BCUT2D eigenvalue weighted by Crippen LogP contribution is 2.48. The Morgan fingerprint density at radius 2 is 0.892 bits per heavy atom. The Morgan fingerprint density at radius 1 is 0.523 bits per heavy atom. The molecule has 9 N–H and O–H groups in total. The second-order valence-corrected chi connectivity index (χ2v) is 42.7. The fourth-order valence-electron chi connectivity index (χ4n) is 13.2. The number of nitrogens with two attached hydrogens (primary N) is 1. The van der Waals surface area contributed by atoms with Crippen LogP contribution in [0.4, 0.5) is 24.6 Å². The molecule has 0 spiro atoms. The number of carbonyl (C=O) groups is 11. The van der Waals surface area contributed by atoms with Crippen molar-refractivity contribution in [3.05, 3.63) is 84.6 Å². The van der Waals surface area contributed by atoms with E-state index in [1.807, 2.05) is 61.5 Å². The Bertz CT molecular complexity index is 5120. The molecule has 130 heavy (non-hydrogen) atoms. The number of thiazole rings is 2. The van der Waals surface area contributed by atoms with Crippen LogP contribution in [0, 0.1) is 33.5 Å². The van der Waals surface area contributed by atoms with E-state index in [2.05, 4.69) is 90.6 Å². The van der Waals surface area contributed by atoms with Crippen molar-refractivity contribution in [1.82, 2.24) is 56.3 Å². The zero-order chi connectivity index (χ0) is 97.1. The molecule has 2 aromatic carbocycles. The summed E-state index contributed by atoms with van der Waals surface area (Å²) in [5.74, 6) is -2.61. The number of hydrogen-bond donors (Lipinski definition) is 8. The van der Waals surface area contributed by atoms with Crippen LogP contribution in [0.2, 0.25) is 0 Å². The number of alkyl carbamates (subject to hydrolysis) is 1. The van der Waals surface area contributed by atoms with Crippen molar-refractivity contribution in [2.75, 3.05) is 52.2 Å². The van der Waals surface area contributed by atoms with Crippen LogP contribution in [0.5, 0.6) is 23.0 Å². The topological polar surface area (TPSA) is 439 Å². The molecular weight excluding hydrogens is 1870 g/mol. The summed E-state index contributed by atoms with van der Waals surface area (Å²) in [6.07, 6.45) is 0.292. The van der Waals surface area contributed by atoms with Gasteiger partial charge in [0.15, 0.2) is 10.3 Å². The third-order valence-corrected chi connectivity index (χ3v) is 23.3. The maximum Gasteiger partial charge on any atom is 0.515 e. The van der Waals surface area contributed by atoms with Gasteiger partial charge in [-0.05, 0) is 163 Å². The molecule has 10 rings (SSSR count). The van der Waals surface area contributed by atoms with Gasteiger partial charge in [0.05, 0.1) is 63.9 Å². The highest BCUT2D eigenvalue weighted by molar-refractivity contribution is 7.14. The quantitative estimate of drug-likeness (QED) is 0.0128. The monoisotopic (exact) mass is 1990 g/mol. The molecule has 0 radical (unpaired) electrons. The number of methoxy groups -OCH3 is 4. The number of halogens is 7. The van der Waals surface area contributed by atoms with Gasteiger partial charge in [-0.1, -0.05) is 95.2 Å². The summed E-state index contributed by atoms with van der Waals surface area (Å²) in [7, 11) is 5.60. The third-order valence-electron chi connectivity index (χ3n) is 21.3. The summed E-state index contributed by atoms with van der Waals surface area (Å²) in [4.78, 5) is 165. The third kappa shape index (κ3) is 30.1. The van der Waals surface area contributed by atoms with Crippen molar-refractivity contribution in [1.29, 1.82) is 0 Å². The van der Waals surface area contributed by atoms with Gasteiger partial charge in [-0.25, -0.2) is 43.9 Å². The Labute approximate surface area is 800 Å². The molecule has 716 valence electrons. The van der Waals surface area contributed by atoms with Crippen LogP contribution >= 0.6 is 105 Å². The largest absolute Gasteiger partial charge is 0.515 e. The molecule has 2 aliphatic heterocycles. The van der Waals surface area contributed by atoms with Crippen molar-refractivity contribution < 1.29 is 95.4 Å². The lowest BCUT2D eigenvalue weighted by atomic mass is 9.85. The van der Waals surface area contributed by atoms with Gasteiger partial charge in [0.1, 0.15) is 87.4 Å². The Kier molecular flexibility index (Phi) is 37.1. The first-order valence-corrected chi connectivity index (χ1v) is 44.9. The Balaban J connectivity index is 0.000000331. The standard InChI is InChI=1S/C40H53N7O8S.C38H48N6O9S.C6H15N.C3Cl6O3.ClH/c1-12-23-18-40(23,35(51)54-11)46-33(49)30-16-25(19-47(30)34(50)32(39(7,8)9)45-36(52)41-21(2)38(4,5)6)55-31-17-28(29-20-56-37(44-29)42-22(3)48)43-27-15-24(53-10)13-14-26(27)31;1-11-21-17-38(21,33(48)51-10)43-31(46)28-15-23(18-44(28)32(47)30(36(3,4)5)42-35(49)53-37(6,7)8)52-29-16-26(27-19-54-34(41-27)39-20(2)45)40-25-14-22(50-9)12-13-24(25)29;1-5(7)6(2,3)4;4-2(5,6)11-1(10)12-3(7,8)9;/h12-15,17,20-21,23,25,30,32H,1,16,18-19H2,2-11H3,(H,46,49)(H2,41,45,52)(H,42,44,48);11-14,16,19,21,23,28,30H,1,15,17-18H2,2-10H3,(H,42,49)(H,43,46)(H,39,41,45);5H,7H2,1-4H3;;1H/t21-,23+,25-,30+,32-,40-;21-,23+,28?,30+,38+;5-;;/m101../s1. The van der Waals surface area contributed by atoms with Gasteiger partial charge in [0, 0.05) is 96.4 Å². The number of esters is 2. The van der Waals surface area contributed by atoms with Crippen molar-refractivity contribution in [3.8, 4) is 45.8 Å². The number of rotatable bonds is 23. The summed E-state index contributed by atoms with van der Waals surface area (Å²) < 4.78 is 43.3. The van der Waals surface area contributed by atoms with Crippen LogP contribution in [0.15, 0.2) is 84.6 Å². The Morgan fingerprint density at radius 3 is 1.19 bits per heavy atom. The van der Waals surface area contributed by atoms with E-state index in [0.717, 1.165) is 0 Å². The van der Waals surface area contributed by atoms with Gasteiger partial charge < -0.3 is 95.4 Å². The molecule has 1 unspecified atom stereocenters. The number of fused-ring (bicyclic) bond motifs is 2. The lowest BCUT2D eigenvalue weighted by Crippen LogP contribution is -2.61. The minimum absolute atomic E-state index is 0. The molecule has 4 aromatic heterocycles. The van der Waals surface area contributed by atoms with Crippen molar-refractivity contribution >= 4 is 202 Å². The van der Waals surface area contributed by atoms with Crippen LogP contribution in [0.25, 0.3) is 44.6 Å². The number of alkyl halides is 6. The number of urea groups is 1. The SMILES string of the molecule is C=C[C@H]1C[C@]1(NC(=O)C1C[C@@H](Oc2cc(-c3csc(NC(C)=O)n3)nc3cc(OC)ccc23)CN1C(=O)[C@@H](NC(=O)OC(C)(C)C)C(C)(C)C)C(=O)OC.C=C[C@H]1C[C@]1(NC(=O)[C@@H]1C[C@@H](Oc2cc(-c3csc(NC(C)=O)n3)nc3cc(OC)ccc23)CN1C(=O)[C@@H](NC(=O)N[C@H](C)C(C)(C)C)C(C)(C)C)C(=O)OC.C[C@@H](N)C(C)(C)C.Cl.O=C(OC(Cl)(Cl)Cl)OC(Cl)(Cl)Cl. The van der Waals surface area contributed by atoms with Gasteiger partial charge in [0.25, 0.3) is 0 Å². The molecule has 34 nitrogen and oxygen atoms in total. The highest BCUT2D eigenvalue weighted by Gasteiger charge is 2.64. The zero-order valence-corrected chi connectivity index (χ0v) is 83.8. The van der Waals surface area contributed by atoms with E-state index in [1.54, 1.807) is 121 Å². The number of amides is 9. The van der Waals surface area contributed by atoms with Crippen molar-refractivity contribution in [2.24, 2.45) is 39.2 Å². The molecule has 4 aliphatic rings. The highest BCUT2D eigenvalue weighted by atomic mass is 35.6. The molecular formula is C87H117Cl7N14O20S2. The number of likely N-dealkylation sites (tertiary alicyclic amines) is 2. The first-order valence-electron chi connectivity index (χ1n) is 40.9. The first kappa shape index (κ1) is 110. The predicted molar refractivity (Wildman–Crippen MR) is 504 cm³/mol. The summed E-state index contributed by atoms with van der Waals surface area (Å²) in [5.41, 5.74) is 3.61. The number of anilines is 2. The van der Waals surface area contributed by atoms with Crippen molar-refractivity contribution in [3.63, 3.8) is 0 Å². The van der Waals surface area contributed by atoms with Crippen LogP contribution < -0.4 is 61.9 Å². The van der Waals surface area contributed by atoms with E-state index in [-0.39, 0.29) is 78.9 Å². The number of aromatic nitrogens is 4. The second kappa shape index (κ2) is 44.1. The number of ether oxygens (including phenoxy) is 9. The average molecular weight is 1990 g/mol. The minimum Gasteiger partial charge on any atom is -0.497 e. The maximum atomic E-state index is 14.7. The lowest BCUT2D eigenvalue weighted by Gasteiger charge is -2.36. The molecule has 43 heteroatoms. The molecule has 4 fully saturated rings. The summed E-state index contributed by atoms with van der Waals surface area (Å²) in [5, 5.41) is 25.3. The van der Waals surface area contributed by atoms with E-state index in [1.165, 1.54) is 60.5 Å². The molecule has 2 saturated carbocycles. The number of nitrogens with zero attached hydrogens (tertiary/aromatic N) is 6. The van der Waals surface area contributed by atoms with Gasteiger partial charge in [-0.2, -0.15) is 0 Å². The summed E-state index contributed by atoms with van der Waals surface area (Å²) in [6.45, 7) is 42.7. The number of pyridine rings is 2. The predicted octanol–water partition coefficient (Wildman–Crippen LogP) is 15.5. The van der Waals surface area contributed by atoms with Crippen molar-refractivity contribution in [2.45, 2.75) is 230 Å². The van der Waals surface area contributed by atoms with Crippen LogP contribution in [-0.2, 0) is 62.0 Å². The van der Waals surface area contributed by atoms with Crippen LogP contribution in [0.1, 0.15) is 157 Å². The fourth-order valence-corrected chi connectivity index (χ4v) is 15.1. The minimum atomic E-state index is -2.24. The first-order chi connectivity index (χ1) is 59.5. The van der Waals surface area contributed by atoms with Gasteiger partial charge in [-0.15, -0.1) is 48.2 Å². The molecule has 0 bridgehead atoms. The fraction of sp³-hybridized carbons (Fsp3) is 0.552. The van der Waals surface area contributed by atoms with E-state index in [4.69, 9.17) is 118 Å². The molecule has 6 aromatic rings. The maximum absolute atomic E-state index is 14.7. The molecule has 2 aliphatic carbocycles. The van der Waals surface area contributed by atoms with Crippen LogP contribution in [0.3, 0.4) is 0 Å². The Hall–Kier alpha value is -9.24. The normalized spacial score (nSPS) is 20.3. The second-order valence-electron chi connectivity index (χ2n) is 36.6. The van der Waals surface area contributed by atoms with E-state index in [9.17, 15) is 52.7 Å². The van der Waals surface area contributed by atoms with Gasteiger partial charge in [-0.3, -0.25) is 28.8 Å². The van der Waals surface area contributed by atoms with E-state index in [0.29, 0.717) is 96.7 Å². The molecule has 12 atom stereocenters. The van der Waals surface area contributed by atoms with Crippen LogP contribution in [-0.4, -0.2) is 210 Å². The van der Waals surface area contributed by atoms with E-state index >= 15 is 0 Å². The molecule has 6 heterocycles.